The summed E-state index contributed by atoms with van der Waals surface area (Å²) >= 11 is 0. The zero-order valence-corrected chi connectivity index (χ0v) is 14.0. The molecule has 0 unspecified atom stereocenters. The Morgan fingerprint density at radius 3 is 2.62 bits per heavy atom. The van der Waals surface area contributed by atoms with Crippen LogP contribution >= 0.6 is 0 Å². The molecular weight excluding hydrogens is 310 g/mol. The summed E-state index contributed by atoms with van der Waals surface area (Å²) in [6.45, 7) is 3.70. The highest BCUT2D eigenvalue weighted by molar-refractivity contribution is 5.84. The molecule has 0 radical (unpaired) electrons. The first-order valence-electron chi connectivity index (χ1n) is 7.75. The third-order valence-electron chi connectivity index (χ3n) is 3.75. The highest BCUT2D eigenvalue weighted by Crippen LogP contribution is 2.12. The van der Waals surface area contributed by atoms with E-state index in [-0.39, 0.29) is 18.4 Å². The third-order valence-corrected chi connectivity index (χ3v) is 3.75. The van der Waals surface area contributed by atoms with E-state index in [4.69, 9.17) is 4.74 Å². The number of nitrogens with one attached hydrogen (secondary N) is 1. The van der Waals surface area contributed by atoms with Crippen molar-refractivity contribution in [2.45, 2.75) is 32.9 Å². The zero-order chi connectivity index (χ0) is 17.5. The predicted octanol–water partition coefficient (Wildman–Crippen LogP) is 1.04. The number of rotatable bonds is 7. The molecule has 1 heterocycles. The van der Waals surface area contributed by atoms with Gasteiger partial charge < -0.3 is 10.1 Å². The zero-order valence-electron chi connectivity index (χ0n) is 14.0. The first-order valence-corrected chi connectivity index (χ1v) is 7.75. The predicted molar refractivity (Wildman–Crippen MR) is 86.7 cm³/mol. The summed E-state index contributed by atoms with van der Waals surface area (Å²) in [4.78, 5) is 25.2. The Hall–Kier alpha value is -2.77. The van der Waals surface area contributed by atoms with Crippen molar-refractivity contribution < 1.29 is 14.3 Å². The van der Waals surface area contributed by atoms with Crippen LogP contribution in [-0.4, -0.2) is 45.2 Å². The molecule has 8 heteroatoms. The van der Waals surface area contributed by atoms with Gasteiger partial charge in [-0.2, -0.15) is 4.80 Å². The SMILES string of the molecule is CC[C@H](C)[C@@H](NC(=O)Cn1nnc(-c2ccccc2)n1)C(=O)OC. The van der Waals surface area contributed by atoms with Gasteiger partial charge in [0.25, 0.3) is 0 Å². The third kappa shape index (κ3) is 4.37. The molecule has 0 aliphatic heterocycles. The van der Waals surface area contributed by atoms with E-state index in [1.165, 1.54) is 11.9 Å². The molecule has 0 saturated heterocycles. The summed E-state index contributed by atoms with van der Waals surface area (Å²) in [5.74, 6) is -0.434. The van der Waals surface area contributed by atoms with Crippen molar-refractivity contribution >= 4 is 11.9 Å². The van der Waals surface area contributed by atoms with E-state index < -0.39 is 12.0 Å². The van der Waals surface area contributed by atoms with Crippen molar-refractivity contribution in [1.29, 1.82) is 0 Å². The molecule has 1 aromatic heterocycles. The molecule has 0 saturated carbocycles. The van der Waals surface area contributed by atoms with Gasteiger partial charge in [0.05, 0.1) is 7.11 Å². The Kier molecular flexibility index (Phi) is 6.00. The molecule has 1 aromatic carbocycles. The molecule has 24 heavy (non-hydrogen) atoms. The number of hydrogen-bond donors (Lipinski definition) is 1. The van der Waals surface area contributed by atoms with E-state index in [2.05, 4.69) is 20.7 Å². The summed E-state index contributed by atoms with van der Waals surface area (Å²) in [6.07, 6.45) is 0.736. The molecule has 2 atom stereocenters. The van der Waals surface area contributed by atoms with Crippen molar-refractivity contribution in [3.05, 3.63) is 30.3 Å². The number of esters is 1. The van der Waals surface area contributed by atoms with Gasteiger partial charge in [-0.1, -0.05) is 50.6 Å². The molecule has 8 nitrogen and oxygen atoms in total. The second kappa shape index (κ2) is 8.19. The van der Waals surface area contributed by atoms with E-state index in [1.807, 2.05) is 44.2 Å². The lowest BCUT2D eigenvalue weighted by Crippen LogP contribution is -2.46. The van der Waals surface area contributed by atoms with Crippen LogP contribution in [-0.2, 0) is 20.9 Å². The second-order valence-corrected chi connectivity index (χ2v) is 5.46. The molecule has 0 aliphatic rings. The van der Waals surface area contributed by atoms with Crippen LogP contribution in [0.4, 0.5) is 0 Å². The summed E-state index contributed by atoms with van der Waals surface area (Å²) in [5.41, 5.74) is 0.816. The second-order valence-electron chi connectivity index (χ2n) is 5.46. The van der Waals surface area contributed by atoms with Crippen molar-refractivity contribution in [3.8, 4) is 11.4 Å². The van der Waals surface area contributed by atoms with Crippen molar-refractivity contribution in [2.24, 2.45) is 5.92 Å². The van der Waals surface area contributed by atoms with E-state index in [0.717, 1.165) is 12.0 Å². The van der Waals surface area contributed by atoms with Crippen LogP contribution in [0.3, 0.4) is 0 Å². The van der Waals surface area contributed by atoms with Gasteiger partial charge in [0.2, 0.25) is 11.7 Å². The Balaban J connectivity index is 2.01. The number of nitrogens with zero attached hydrogens (tertiary/aromatic N) is 4. The standard InChI is InChI=1S/C16H21N5O3/c1-4-11(2)14(16(23)24-3)17-13(22)10-21-19-15(18-20-21)12-8-6-5-7-9-12/h5-9,11,14H,4,10H2,1-3H3,(H,17,22)/t11-,14+/m0/s1. The van der Waals surface area contributed by atoms with Gasteiger partial charge in [-0.25, -0.2) is 4.79 Å². The number of ether oxygens (including phenoxy) is 1. The van der Waals surface area contributed by atoms with Crippen molar-refractivity contribution in [3.63, 3.8) is 0 Å². The van der Waals surface area contributed by atoms with E-state index in [9.17, 15) is 9.59 Å². The van der Waals surface area contributed by atoms with Crippen LogP contribution in [0.15, 0.2) is 30.3 Å². The topological polar surface area (TPSA) is 99.0 Å². The van der Waals surface area contributed by atoms with Gasteiger partial charge >= 0.3 is 5.97 Å². The Labute approximate surface area is 140 Å². The maximum Gasteiger partial charge on any atom is 0.328 e. The molecule has 2 rings (SSSR count). The minimum atomic E-state index is -0.690. The van der Waals surface area contributed by atoms with Gasteiger partial charge in [-0.3, -0.25) is 4.79 Å². The average Bonchev–Trinajstić information content (AvgIpc) is 3.07. The fourth-order valence-corrected chi connectivity index (χ4v) is 2.16. The fraction of sp³-hybridized carbons (Fsp3) is 0.438. The number of carbonyl (C=O) groups excluding carboxylic acids is 2. The average molecular weight is 331 g/mol. The molecular formula is C16H21N5O3. The summed E-state index contributed by atoms with van der Waals surface area (Å²) in [5, 5.41) is 14.6. The Bertz CT molecular complexity index is 686. The summed E-state index contributed by atoms with van der Waals surface area (Å²) < 4.78 is 4.74. The van der Waals surface area contributed by atoms with Gasteiger partial charge in [0, 0.05) is 5.56 Å². The van der Waals surface area contributed by atoms with Crippen LogP contribution in [0.1, 0.15) is 20.3 Å². The summed E-state index contributed by atoms with van der Waals surface area (Å²) in [7, 11) is 1.30. The quantitative estimate of drug-likeness (QED) is 0.761. The first kappa shape index (κ1) is 17.6. The highest BCUT2D eigenvalue weighted by Gasteiger charge is 2.26. The fourth-order valence-electron chi connectivity index (χ4n) is 2.16. The minimum Gasteiger partial charge on any atom is -0.467 e. The molecule has 0 aliphatic carbocycles. The van der Waals surface area contributed by atoms with Crippen LogP contribution in [0, 0.1) is 5.92 Å². The van der Waals surface area contributed by atoms with E-state index in [1.54, 1.807) is 0 Å². The number of hydrogen-bond acceptors (Lipinski definition) is 6. The molecule has 1 N–H and O–H groups in total. The molecule has 128 valence electrons. The van der Waals surface area contributed by atoms with Crippen molar-refractivity contribution in [2.75, 3.05) is 7.11 Å². The number of methoxy groups -OCH3 is 1. The lowest BCUT2D eigenvalue weighted by atomic mass is 9.99. The van der Waals surface area contributed by atoms with Crippen LogP contribution in [0.2, 0.25) is 0 Å². The van der Waals surface area contributed by atoms with Gasteiger partial charge in [0.15, 0.2) is 0 Å². The first-order chi connectivity index (χ1) is 11.5. The molecule has 0 fully saturated rings. The van der Waals surface area contributed by atoms with Gasteiger partial charge in [0.1, 0.15) is 12.6 Å². The van der Waals surface area contributed by atoms with Crippen molar-refractivity contribution in [1.82, 2.24) is 25.5 Å². The van der Waals surface area contributed by atoms with E-state index >= 15 is 0 Å². The smallest absolute Gasteiger partial charge is 0.328 e. The monoisotopic (exact) mass is 331 g/mol. The van der Waals surface area contributed by atoms with E-state index in [0.29, 0.717) is 5.82 Å². The van der Waals surface area contributed by atoms with Gasteiger partial charge in [-0.05, 0) is 11.1 Å². The lowest BCUT2D eigenvalue weighted by molar-refractivity contribution is -0.146. The number of benzene rings is 1. The number of tetrazole rings is 1. The van der Waals surface area contributed by atoms with Crippen LogP contribution in [0.25, 0.3) is 11.4 Å². The normalized spacial score (nSPS) is 13.1. The maximum atomic E-state index is 12.2. The number of aromatic nitrogens is 4. The summed E-state index contributed by atoms with van der Waals surface area (Å²) in [6, 6.07) is 8.66. The van der Waals surface area contributed by atoms with Gasteiger partial charge in [-0.15, -0.1) is 10.2 Å². The molecule has 0 bridgehead atoms. The molecule has 2 aromatic rings. The molecule has 1 amide bonds. The lowest BCUT2D eigenvalue weighted by Gasteiger charge is -2.21. The minimum absolute atomic E-state index is 0.0371. The highest BCUT2D eigenvalue weighted by atomic mass is 16.5. The Morgan fingerprint density at radius 1 is 1.29 bits per heavy atom. The largest absolute Gasteiger partial charge is 0.467 e. The maximum absolute atomic E-state index is 12.2. The van der Waals surface area contributed by atoms with Crippen LogP contribution < -0.4 is 5.32 Å². The Morgan fingerprint density at radius 2 is 2.00 bits per heavy atom. The molecule has 0 spiro atoms. The van der Waals surface area contributed by atoms with Crippen LogP contribution in [0.5, 0.6) is 0 Å². The number of carbonyl (C=O) groups is 2. The number of amides is 1.